The lowest BCUT2D eigenvalue weighted by molar-refractivity contribution is -0.167. The Morgan fingerprint density at radius 2 is 1.42 bits per heavy atom. The van der Waals surface area contributed by atoms with Crippen molar-refractivity contribution in [3.8, 4) is 0 Å². The van der Waals surface area contributed by atoms with Crippen LogP contribution in [0.4, 0.5) is 18.9 Å². The number of anilines is 1. The van der Waals surface area contributed by atoms with Crippen LogP contribution >= 0.6 is 0 Å². The van der Waals surface area contributed by atoms with Crippen LogP contribution < -0.4 is 10.0 Å². The van der Waals surface area contributed by atoms with E-state index in [-0.39, 0.29) is 16.6 Å². The molecule has 0 bridgehead atoms. The van der Waals surface area contributed by atoms with Crippen LogP contribution in [0.15, 0.2) is 29.2 Å². The van der Waals surface area contributed by atoms with Gasteiger partial charge >= 0.3 is 12.1 Å². The van der Waals surface area contributed by atoms with Gasteiger partial charge in [-0.3, -0.25) is 4.79 Å². The number of carbonyl (C=O) groups excluding carboxylic acids is 1. The van der Waals surface area contributed by atoms with Crippen molar-refractivity contribution in [2.24, 2.45) is 0 Å². The van der Waals surface area contributed by atoms with Gasteiger partial charge in [0.15, 0.2) is 0 Å². The van der Waals surface area contributed by atoms with Crippen LogP contribution in [0.5, 0.6) is 0 Å². The maximum absolute atomic E-state index is 12.5. The van der Waals surface area contributed by atoms with Crippen molar-refractivity contribution in [1.82, 2.24) is 4.72 Å². The maximum atomic E-state index is 12.5. The average molecular weight is 392 g/mol. The maximum Gasteiger partial charge on any atom is 0.471 e. The molecule has 0 saturated heterocycles. The molecule has 0 aliphatic heterocycles. The summed E-state index contributed by atoms with van der Waals surface area (Å²) < 4.78 is 64.4. The summed E-state index contributed by atoms with van der Waals surface area (Å²) in [4.78, 5) is 10.9. The van der Waals surface area contributed by atoms with Gasteiger partial charge in [0.05, 0.1) is 4.90 Å². The molecule has 1 fully saturated rings. The van der Waals surface area contributed by atoms with E-state index in [0.29, 0.717) is 0 Å². The summed E-state index contributed by atoms with van der Waals surface area (Å²) >= 11 is 0. The summed E-state index contributed by atoms with van der Waals surface area (Å²) in [5.74, 6) is -2.10. The predicted octanol–water partition coefficient (Wildman–Crippen LogP) is 3.97. The van der Waals surface area contributed by atoms with Crippen LogP contribution in [-0.2, 0) is 14.8 Å². The van der Waals surface area contributed by atoms with Gasteiger partial charge in [0, 0.05) is 11.7 Å². The number of carbonyl (C=O) groups is 1. The molecule has 26 heavy (non-hydrogen) atoms. The highest BCUT2D eigenvalue weighted by atomic mass is 32.2. The Morgan fingerprint density at radius 3 is 1.92 bits per heavy atom. The van der Waals surface area contributed by atoms with E-state index >= 15 is 0 Å². The molecule has 0 radical (unpaired) electrons. The number of alkyl halides is 3. The Kier molecular flexibility index (Phi) is 7.05. The van der Waals surface area contributed by atoms with Crippen LogP contribution in [0.2, 0.25) is 0 Å². The molecule has 0 atom stereocenters. The zero-order chi connectivity index (χ0) is 19.2. The highest BCUT2D eigenvalue weighted by Crippen LogP contribution is 2.21. The fourth-order valence-electron chi connectivity index (χ4n) is 2.96. The zero-order valence-electron chi connectivity index (χ0n) is 14.3. The summed E-state index contributed by atoms with van der Waals surface area (Å²) in [7, 11) is -3.76. The number of nitrogens with one attached hydrogen (secondary N) is 2. The highest BCUT2D eigenvalue weighted by Gasteiger charge is 2.38. The second kappa shape index (κ2) is 8.85. The van der Waals surface area contributed by atoms with Gasteiger partial charge in [-0.2, -0.15) is 13.2 Å². The van der Waals surface area contributed by atoms with E-state index < -0.39 is 22.1 Å². The number of rotatable bonds is 4. The van der Waals surface area contributed by atoms with Crippen LogP contribution in [0.3, 0.4) is 0 Å². The molecule has 1 aromatic rings. The van der Waals surface area contributed by atoms with Gasteiger partial charge in [0.2, 0.25) is 10.0 Å². The number of sulfonamides is 1. The second-order valence-electron chi connectivity index (χ2n) is 6.49. The number of hydrogen-bond acceptors (Lipinski definition) is 3. The molecule has 1 aliphatic rings. The summed E-state index contributed by atoms with van der Waals surface area (Å²) in [5.41, 5.74) is -0.117. The minimum atomic E-state index is -5.00. The van der Waals surface area contributed by atoms with Crippen molar-refractivity contribution >= 4 is 21.6 Å². The molecule has 2 rings (SSSR count). The quantitative estimate of drug-likeness (QED) is 0.814. The van der Waals surface area contributed by atoms with Crippen molar-refractivity contribution in [2.75, 3.05) is 5.32 Å². The molecule has 146 valence electrons. The summed E-state index contributed by atoms with van der Waals surface area (Å²) in [5, 5.41) is 1.68. The van der Waals surface area contributed by atoms with Crippen LogP contribution in [0, 0.1) is 0 Å². The Labute approximate surface area is 151 Å². The Morgan fingerprint density at radius 1 is 0.923 bits per heavy atom. The summed E-state index contributed by atoms with van der Waals surface area (Å²) in [6.45, 7) is 0. The van der Waals surface area contributed by atoms with Crippen molar-refractivity contribution in [1.29, 1.82) is 0 Å². The van der Waals surface area contributed by atoms with Gasteiger partial charge in [0.1, 0.15) is 0 Å². The first-order valence-electron chi connectivity index (χ1n) is 8.69. The minimum absolute atomic E-state index is 0.0395. The zero-order valence-corrected chi connectivity index (χ0v) is 15.1. The average Bonchev–Trinajstić information content (AvgIpc) is 2.68. The van der Waals surface area contributed by atoms with Gasteiger partial charge in [-0.1, -0.05) is 38.5 Å². The SMILES string of the molecule is O=C(Nc1ccc(S(=O)(=O)NC2CCCCCCCC2)cc1)C(F)(F)F. The van der Waals surface area contributed by atoms with E-state index in [2.05, 4.69) is 4.72 Å². The van der Waals surface area contributed by atoms with E-state index in [0.717, 1.165) is 50.7 Å². The smallest absolute Gasteiger partial charge is 0.318 e. The summed E-state index contributed by atoms with van der Waals surface area (Å²) in [6.07, 6.45) is 3.01. The monoisotopic (exact) mass is 392 g/mol. The molecule has 2 N–H and O–H groups in total. The molecule has 1 aliphatic carbocycles. The number of halogens is 3. The van der Waals surface area contributed by atoms with Gasteiger partial charge in [-0.15, -0.1) is 0 Å². The lowest BCUT2D eigenvalue weighted by atomic mass is 10.1. The molecule has 1 saturated carbocycles. The number of hydrogen-bond donors (Lipinski definition) is 2. The lowest BCUT2D eigenvalue weighted by Crippen LogP contribution is -2.34. The third-order valence-electron chi connectivity index (χ3n) is 4.36. The number of amides is 1. The molecule has 0 unspecified atom stereocenters. The fraction of sp³-hybridized carbons (Fsp3) is 0.588. The third-order valence-corrected chi connectivity index (χ3v) is 5.89. The molecule has 0 spiro atoms. The van der Waals surface area contributed by atoms with E-state index in [9.17, 15) is 26.4 Å². The normalized spacial score (nSPS) is 17.8. The van der Waals surface area contributed by atoms with Crippen LogP contribution in [0.1, 0.15) is 51.4 Å². The van der Waals surface area contributed by atoms with Crippen LogP contribution in [0.25, 0.3) is 0 Å². The topological polar surface area (TPSA) is 75.3 Å². The molecule has 1 amide bonds. The van der Waals surface area contributed by atoms with Gasteiger partial charge < -0.3 is 5.32 Å². The minimum Gasteiger partial charge on any atom is -0.318 e. The van der Waals surface area contributed by atoms with Crippen molar-refractivity contribution in [3.05, 3.63) is 24.3 Å². The molecule has 5 nitrogen and oxygen atoms in total. The lowest BCUT2D eigenvalue weighted by Gasteiger charge is -2.18. The third kappa shape index (κ3) is 6.28. The first-order valence-corrected chi connectivity index (χ1v) is 10.2. The van der Waals surface area contributed by atoms with Crippen LogP contribution in [-0.4, -0.2) is 26.5 Å². The molecular weight excluding hydrogens is 369 g/mol. The van der Waals surface area contributed by atoms with Crippen molar-refractivity contribution < 1.29 is 26.4 Å². The van der Waals surface area contributed by atoms with E-state index in [1.807, 2.05) is 0 Å². The van der Waals surface area contributed by atoms with E-state index in [4.69, 9.17) is 0 Å². The van der Waals surface area contributed by atoms with E-state index in [1.54, 1.807) is 5.32 Å². The summed E-state index contributed by atoms with van der Waals surface area (Å²) in [6, 6.07) is 4.51. The Bertz CT molecular complexity index is 693. The second-order valence-corrected chi connectivity index (χ2v) is 8.21. The molecular formula is C17H23F3N2O3S. The predicted molar refractivity (Wildman–Crippen MR) is 92.2 cm³/mol. The largest absolute Gasteiger partial charge is 0.471 e. The number of benzene rings is 1. The highest BCUT2D eigenvalue weighted by molar-refractivity contribution is 7.89. The first-order chi connectivity index (χ1) is 12.2. The van der Waals surface area contributed by atoms with Gasteiger partial charge in [-0.05, 0) is 37.1 Å². The molecule has 0 aromatic heterocycles. The standard InChI is InChI=1S/C17H23F3N2O3S/c18-17(19,20)16(23)21-13-9-11-15(12-10-13)26(24,25)22-14-7-5-3-1-2-4-6-8-14/h9-12,14,22H,1-8H2,(H,21,23). The van der Waals surface area contributed by atoms with Crippen molar-refractivity contribution in [2.45, 2.75) is 68.5 Å². The Balaban J connectivity index is 2.02. The van der Waals surface area contributed by atoms with E-state index in [1.165, 1.54) is 25.0 Å². The van der Waals surface area contributed by atoms with Gasteiger partial charge in [0.25, 0.3) is 0 Å². The fourth-order valence-corrected chi connectivity index (χ4v) is 4.26. The molecule has 1 aromatic carbocycles. The Hall–Kier alpha value is -1.61. The van der Waals surface area contributed by atoms with Gasteiger partial charge in [-0.25, -0.2) is 13.1 Å². The first kappa shape index (κ1) is 20.7. The molecule has 9 heteroatoms. The van der Waals surface area contributed by atoms with Crippen molar-refractivity contribution in [3.63, 3.8) is 0 Å². The molecule has 0 heterocycles.